The van der Waals surface area contributed by atoms with Gasteiger partial charge in [0.05, 0.1) is 6.54 Å². The van der Waals surface area contributed by atoms with E-state index in [9.17, 15) is 9.59 Å². The van der Waals surface area contributed by atoms with Crippen LogP contribution in [0.5, 0.6) is 0 Å². The van der Waals surface area contributed by atoms with Crippen molar-refractivity contribution in [2.45, 2.75) is 52.2 Å². The highest BCUT2D eigenvalue weighted by Gasteiger charge is 2.56. The summed E-state index contributed by atoms with van der Waals surface area (Å²) >= 11 is 0. The number of aryl methyl sites for hydroxylation is 3. The van der Waals surface area contributed by atoms with E-state index in [2.05, 4.69) is 47.2 Å². The Balaban J connectivity index is 1.45. The number of carbonyl (C=O) groups excluding carboxylic acids is 2. The Morgan fingerprint density at radius 3 is 2.53 bits per heavy atom. The van der Waals surface area contributed by atoms with Gasteiger partial charge in [-0.2, -0.15) is 0 Å². The van der Waals surface area contributed by atoms with E-state index in [1.807, 2.05) is 31.2 Å². The van der Waals surface area contributed by atoms with Crippen LogP contribution in [0.4, 0.5) is 10.5 Å². The molecule has 3 aliphatic rings. The van der Waals surface area contributed by atoms with E-state index >= 15 is 0 Å². The van der Waals surface area contributed by atoms with Crippen LogP contribution in [0.3, 0.4) is 0 Å². The number of nitrogens with one attached hydrogen (secondary N) is 1. The summed E-state index contributed by atoms with van der Waals surface area (Å²) < 4.78 is 0. The Kier molecular flexibility index (Phi) is 5.18. The largest absolute Gasteiger partial charge is 0.343 e. The minimum Gasteiger partial charge on any atom is -0.343 e. The lowest BCUT2D eigenvalue weighted by molar-refractivity contribution is -0.139. The number of anilines is 1. The summed E-state index contributed by atoms with van der Waals surface area (Å²) in [5.41, 5.74) is 5.72. The van der Waals surface area contributed by atoms with Crippen molar-refractivity contribution in [2.75, 3.05) is 25.0 Å². The zero-order valence-corrected chi connectivity index (χ0v) is 19.2. The first-order valence-corrected chi connectivity index (χ1v) is 11.3. The zero-order chi connectivity index (χ0) is 22.6. The molecule has 3 fully saturated rings. The van der Waals surface area contributed by atoms with Gasteiger partial charge in [0.1, 0.15) is 18.5 Å². The molecule has 7 heteroatoms. The molecule has 3 amide bonds. The molecule has 3 heterocycles. The first-order chi connectivity index (χ1) is 15.3. The van der Waals surface area contributed by atoms with Gasteiger partial charge < -0.3 is 9.80 Å². The van der Waals surface area contributed by atoms with Gasteiger partial charge in [-0.1, -0.05) is 47.5 Å². The maximum absolute atomic E-state index is 13.6. The van der Waals surface area contributed by atoms with Gasteiger partial charge in [0.15, 0.2) is 0 Å². The summed E-state index contributed by atoms with van der Waals surface area (Å²) in [6.45, 7) is 8.29. The summed E-state index contributed by atoms with van der Waals surface area (Å²) in [7, 11) is 1.79. The molecule has 0 saturated carbocycles. The average molecular weight is 434 g/mol. The third kappa shape index (κ3) is 3.36. The number of nitrogens with zero attached hydrogens (tertiary/aromatic N) is 4. The maximum atomic E-state index is 13.6. The van der Waals surface area contributed by atoms with Crippen molar-refractivity contribution in [3.63, 3.8) is 0 Å². The first kappa shape index (κ1) is 21.0. The molecule has 0 bridgehead atoms. The number of benzene rings is 2. The molecule has 168 valence electrons. The summed E-state index contributed by atoms with van der Waals surface area (Å²) in [5.74, 6) is -0.114. The zero-order valence-electron chi connectivity index (χ0n) is 19.2. The van der Waals surface area contributed by atoms with Crippen LogP contribution in [0.25, 0.3) is 0 Å². The van der Waals surface area contributed by atoms with Crippen molar-refractivity contribution in [3.05, 3.63) is 64.7 Å². The van der Waals surface area contributed by atoms with Crippen LogP contribution in [0.1, 0.15) is 28.7 Å². The summed E-state index contributed by atoms with van der Waals surface area (Å²) in [5, 5.41) is 3.60. The van der Waals surface area contributed by atoms with Crippen LogP contribution in [-0.4, -0.2) is 65.3 Å². The second-order valence-corrected chi connectivity index (χ2v) is 9.31. The van der Waals surface area contributed by atoms with Gasteiger partial charge in [-0.3, -0.25) is 19.9 Å². The van der Waals surface area contributed by atoms with Gasteiger partial charge in [0.25, 0.3) is 5.91 Å². The van der Waals surface area contributed by atoms with Gasteiger partial charge in [-0.05, 0) is 44.4 Å². The molecular formula is C25H31N5O2. The monoisotopic (exact) mass is 433 g/mol. The Morgan fingerprint density at radius 1 is 1.00 bits per heavy atom. The fourth-order valence-electron chi connectivity index (χ4n) is 5.43. The number of hydrogen-bond donors (Lipinski definition) is 1. The van der Waals surface area contributed by atoms with Crippen molar-refractivity contribution in [2.24, 2.45) is 0 Å². The van der Waals surface area contributed by atoms with Gasteiger partial charge in [-0.25, -0.2) is 4.79 Å². The second kappa shape index (κ2) is 7.90. The van der Waals surface area contributed by atoms with Crippen LogP contribution < -0.4 is 10.2 Å². The fourth-order valence-corrected chi connectivity index (χ4v) is 5.43. The lowest BCUT2D eigenvalue weighted by atomic mass is 10.1. The van der Waals surface area contributed by atoms with Crippen LogP contribution >= 0.6 is 0 Å². The molecule has 3 aliphatic heterocycles. The van der Waals surface area contributed by atoms with Crippen LogP contribution in [0, 0.1) is 20.8 Å². The number of fused-ring (bicyclic) bond motifs is 3. The number of hydrogen-bond acceptors (Lipinski definition) is 5. The maximum Gasteiger partial charge on any atom is 0.328 e. The number of amides is 3. The van der Waals surface area contributed by atoms with E-state index in [4.69, 9.17) is 0 Å². The Labute approximate surface area is 189 Å². The van der Waals surface area contributed by atoms with Crippen molar-refractivity contribution in [1.82, 2.24) is 20.0 Å². The molecule has 0 aromatic heterocycles. The molecule has 2 aromatic carbocycles. The van der Waals surface area contributed by atoms with Crippen molar-refractivity contribution >= 4 is 17.6 Å². The number of carbonyl (C=O) groups is 2. The molecule has 2 aromatic rings. The molecule has 3 saturated heterocycles. The molecule has 32 heavy (non-hydrogen) atoms. The molecule has 7 nitrogen and oxygen atoms in total. The average Bonchev–Trinajstić information content (AvgIpc) is 3.16. The van der Waals surface area contributed by atoms with E-state index in [1.54, 1.807) is 11.9 Å². The van der Waals surface area contributed by atoms with Crippen LogP contribution in [0.2, 0.25) is 0 Å². The van der Waals surface area contributed by atoms with Gasteiger partial charge in [0, 0.05) is 25.8 Å². The van der Waals surface area contributed by atoms with Gasteiger partial charge in [-0.15, -0.1) is 0 Å². The molecule has 0 radical (unpaired) electrons. The fraction of sp³-hybridized carbons (Fsp3) is 0.440. The summed E-state index contributed by atoms with van der Waals surface area (Å²) in [6, 6.07) is 13.8. The molecule has 5 rings (SSSR count). The normalized spacial score (nSPS) is 25.9. The smallest absolute Gasteiger partial charge is 0.328 e. The highest BCUT2D eigenvalue weighted by atomic mass is 16.2. The number of urea groups is 1. The topological polar surface area (TPSA) is 59.1 Å². The van der Waals surface area contributed by atoms with Gasteiger partial charge in [0.2, 0.25) is 0 Å². The van der Waals surface area contributed by atoms with Crippen molar-refractivity contribution in [1.29, 1.82) is 0 Å². The molecule has 3 unspecified atom stereocenters. The minimum absolute atomic E-state index is 0.113. The minimum atomic E-state index is -0.388. The van der Waals surface area contributed by atoms with E-state index in [0.29, 0.717) is 6.54 Å². The Bertz CT molecular complexity index is 1070. The third-order valence-electron chi connectivity index (χ3n) is 6.95. The molecule has 3 atom stereocenters. The molecule has 1 N–H and O–H groups in total. The first-order valence-electron chi connectivity index (χ1n) is 11.3. The Morgan fingerprint density at radius 2 is 1.78 bits per heavy atom. The molecular weight excluding hydrogens is 402 g/mol. The van der Waals surface area contributed by atoms with E-state index in [0.717, 1.165) is 30.6 Å². The predicted octanol–water partition coefficient (Wildman–Crippen LogP) is 2.80. The number of imide groups is 1. The van der Waals surface area contributed by atoms with Gasteiger partial charge >= 0.3 is 6.03 Å². The van der Waals surface area contributed by atoms with Crippen LogP contribution in [-0.2, 0) is 11.3 Å². The summed E-state index contributed by atoms with van der Waals surface area (Å²) in [6.07, 6.45) is 0.524. The lowest BCUT2D eigenvalue weighted by Gasteiger charge is -2.44. The Hall–Kier alpha value is -2.90. The summed E-state index contributed by atoms with van der Waals surface area (Å²) in [4.78, 5) is 34.5. The quantitative estimate of drug-likeness (QED) is 0.807. The van der Waals surface area contributed by atoms with Crippen molar-refractivity contribution < 1.29 is 9.59 Å². The van der Waals surface area contributed by atoms with E-state index in [-0.39, 0.29) is 30.4 Å². The van der Waals surface area contributed by atoms with Crippen molar-refractivity contribution in [3.8, 4) is 0 Å². The SMILES string of the molecule is Cc1cccc(CN2C(=O)C3C(NC4N(c5ccc(C)cc5C)CCCN34)N(C)C2=O)c1. The van der Waals surface area contributed by atoms with Crippen LogP contribution in [0.15, 0.2) is 42.5 Å². The molecule has 0 spiro atoms. The number of likely N-dealkylation sites (N-methyl/N-ethyl adjacent to an activating group) is 1. The predicted molar refractivity (Wildman–Crippen MR) is 124 cm³/mol. The lowest BCUT2D eigenvalue weighted by Crippen LogP contribution is -2.66. The van der Waals surface area contributed by atoms with E-state index in [1.165, 1.54) is 21.7 Å². The standard InChI is InChI=1S/C25H31N5O2/c1-16-7-5-8-19(14-16)15-30-23(31)21-22(27(4)25(30)32)26-24-28(11-6-12-29(21)24)20-10-9-17(2)13-18(20)3/h5,7-10,13-14,21-22,24,26H,6,11-12,15H2,1-4H3. The van der Waals surface area contributed by atoms with E-state index < -0.39 is 0 Å². The second-order valence-electron chi connectivity index (χ2n) is 9.31. The highest BCUT2D eigenvalue weighted by Crippen LogP contribution is 2.34. The highest BCUT2D eigenvalue weighted by molar-refractivity contribution is 6.00. The molecule has 0 aliphatic carbocycles. The number of rotatable bonds is 3. The third-order valence-corrected chi connectivity index (χ3v) is 6.95.